The van der Waals surface area contributed by atoms with Crippen LogP contribution in [0, 0.1) is 5.92 Å². The number of hydrogen-bond donors (Lipinski definition) is 0. The van der Waals surface area contributed by atoms with Gasteiger partial charge in [-0.05, 0) is 12.3 Å². The number of rotatable bonds is 3. The van der Waals surface area contributed by atoms with Gasteiger partial charge in [0.1, 0.15) is 0 Å². The number of carbonyl (C=O) groups is 1. The Labute approximate surface area is 54.6 Å². The van der Waals surface area contributed by atoms with Gasteiger partial charge in [0, 0.05) is 0 Å². The summed E-state index contributed by atoms with van der Waals surface area (Å²) >= 11 is 0. The average Bonchev–Trinajstić information content (AvgIpc) is 1.63. The maximum absolute atomic E-state index is 9.65. The van der Waals surface area contributed by atoms with Crippen LogP contribution in [0.4, 0.5) is 4.79 Å². The van der Waals surface area contributed by atoms with Crippen molar-refractivity contribution in [3.63, 3.8) is 0 Å². The largest absolute Gasteiger partial charge is 0.549 e. The number of carbonyl (C=O) groups excluding carboxylic acids is 1. The van der Waals surface area contributed by atoms with Gasteiger partial charge in [-0.15, -0.1) is 0 Å². The molecule has 9 heavy (non-hydrogen) atoms. The summed E-state index contributed by atoms with van der Waals surface area (Å²) in [5.74, 6) is 0.476. The molecule has 0 rings (SSSR count). The van der Waals surface area contributed by atoms with Crippen LogP contribution in [0.25, 0.3) is 0 Å². The Bertz CT molecular complexity index is 88.3. The van der Waals surface area contributed by atoms with Crippen molar-refractivity contribution in [2.24, 2.45) is 5.92 Å². The molecule has 1 radical (unpaired) electrons. The van der Waals surface area contributed by atoms with Crippen LogP contribution in [-0.2, 0) is 9.84 Å². The topological polar surface area (TPSA) is 46.2 Å². The molecule has 0 aliphatic rings. The van der Waals surface area contributed by atoms with Gasteiger partial charge in [0.15, 0.2) is 0 Å². The van der Waals surface area contributed by atoms with Crippen molar-refractivity contribution in [3.05, 3.63) is 0 Å². The molecule has 0 spiro atoms. The second-order valence-corrected chi connectivity index (χ2v) is 2.28. The van der Waals surface area contributed by atoms with Crippen LogP contribution >= 0.6 is 0 Å². The van der Waals surface area contributed by atoms with Crippen molar-refractivity contribution in [1.82, 2.24) is 0 Å². The number of hydrogen-bond acceptors (Lipinski definition) is 2. The first-order chi connectivity index (χ1) is 4.13. The van der Waals surface area contributed by atoms with E-state index < -0.39 is 6.16 Å². The molecule has 0 heterocycles. The van der Waals surface area contributed by atoms with E-state index in [4.69, 9.17) is 0 Å². The van der Waals surface area contributed by atoms with Crippen molar-refractivity contribution in [2.75, 3.05) is 6.61 Å². The van der Waals surface area contributed by atoms with E-state index in [1.807, 2.05) is 13.8 Å². The SMILES string of the molecule is CC(C)CCOC([O])=O. The summed E-state index contributed by atoms with van der Waals surface area (Å²) in [6.07, 6.45) is -0.677. The van der Waals surface area contributed by atoms with E-state index in [0.29, 0.717) is 5.92 Å². The van der Waals surface area contributed by atoms with Crippen molar-refractivity contribution < 1.29 is 14.6 Å². The van der Waals surface area contributed by atoms with Crippen molar-refractivity contribution in [1.29, 1.82) is 0 Å². The van der Waals surface area contributed by atoms with Crippen LogP contribution in [0.5, 0.6) is 0 Å². The molecule has 0 unspecified atom stereocenters. The van der Waals surface area contributed by atoms with Crippen molar-refractivity contribution >= 4 is 6.16 Å². The molecular weight excluding hydrogens is 120 g/mol. The first-order valence-corrected chi connectivity index (χ1v) is 2.96. The molecule has 0 atom stereocenters. The molecule has 53 valence electrons. The first-order valence-electron chi connectivity index (χ1n) is 2.96. The molecule has 0 bridgehead atoms. The van der Waals surface area contributed by atoms with Crippen molar-refractivity contribution in [3.8, 4) is 0 Å². The Morgan fingerprint density at radius 2 is 2.11 bits per heavy atom. The van der Waals surface area contributed by atoms with E-state index in [0.717, 1.165) is 6.42 Å². The normalized spacial score (nSPS) is 9.67. The van der Waals surface area contributed by atoms with Crippen LogP contribution in [0.3, 0.4) is 0 Å². The Hall–Kier alpha value is -0.730. The molecule has 0 aliphatic carbocycles. The molecule has 0 amide bonds. The molecule has 0 fully saturated rings. The minimum atomic E-state index is -1.43. The van der Waals surface area contributed by atoms with Gasteiger partial charge in [-0.1, -0.05) is 13.8 Å². The Morgan fingerprint density at radius 1 is 1.56 bits per heavy atom. The third-order valence-corrected chi connectivity index (χ3v) is 0.915. The van der Waals surface area contributed by atoms with Crippen LogP contribution in [0.2, 0.25) is 0 Å². The van der Waals surface area contributed by atoms with E-state index >= 15 is 0 Å². The summed E-state index contributed by atoms with van der Waals surface area (Å²) < 4.78 is 4.16. The van der Waals surface area contributed by atoms with Gasteiger partial charge >= 0.3 is 6.16 Å². The first kappa shape index (κ1) is 8.27. The molecule has 0 N–H and O–H groups in total. The molecule has 0 saturated heterocycles. The summed E-state index contributed by atoms with van der Waals surface area (Å²) in [4.78, 5) is 9.65. The van der Waals surface area contributed by atoms with E-state index in [2.05, 4.69) is 4.74 Å². The zero-order chi connectivity index (χ0) is 7.28. The Morgan fingerprint density at radius 3 is 2.44 bits per heavy atom. The van der Waals surface area contributed by atoms with Gasteiger partial charge in [0.2, 0.25) is 0 Å². The molecule has 3 nitrogen and oxygen atoms in total. The monoisotopic (exact) mass is 131 g/mol. The fourth-order valence-electron chi connectivity index (χ4n) is 0.378. The molecular formula is C6H11O3. The molecule has 0 aromatic carbocycles. The van der Waals surface area contributed by atoms with Gasteiger partial charge in [-0.25, -0.2) is 0 Å². The molecule has 0 aromatic rings. The zero-order valence-corrected chi connectivity index (χ0v) is 5.72. The van der Waals surface area contributed by atoms with Gasteiger partial charge in [-0.3, -0.25) is 0 Å². The summed E-state index contributed by atoms with van der Waals surface area (Å²) in [6.45, 7) is 4.25. The van der Waals surface area contributed by atoms with E-state index in [1.165, 1.54) is 0 Å². The Kier molecular flexibility index (Phi) is 3.84. The van der Waals surface area contributed by atoms with Gasteiger partial charge in [-0.2, -0.15) is 9.90 Å². The van der Waals surface area contributed by atoms with E-state index in [9.17, 15) is 9.90 Å². The zero-order valence-electron chi connectivity index (χ0n) is 5.72. The van der Waals surface area contributed by atoms with Crippen molar-refractivity contribution in [2.45, 2.75) is 20.3 Å². The van der Waals surface area contributed by atoms with Gasteiger partial charge < -0.3 is 4.74 Å². The highest BCUT2D eigenvalue weighted by Gasteiger charge is 1.99. The molecule has 0 aromatic heterocycles. The lowest BCUT2D eigenvalue weighted by atomic mass is 10.1. The predicted molar refractivity (Wildman–Crippen MR) is 31.5 cm³/mol. The lowest BCUT2D eigenvalue weighted by Gasteiger charge is -2.00. The molecule has 0 aliphatic heterocycles. The summed E-state index contributed by atoms with van der Waals surface area (Å²) in [5.41, 5.74) is 0. The van der Waals surface area contributed by atoms with E-state index in [-0.39, 0.29) is 6.61 Å². The third-order valence-electron chi connectivity index (χ3n) is 0.915. The maximum atomic E-state index is 9.65. The minimum absolute atomic E-state index is 0.250. The summed E-state index contributed by atoms with van der Waals surface area (Å²) in [6, 6.07) is 0. The summed E-state index contributed by atoms with van der Waals surface area (Å²) in [7, 11) is 0. The van der Waals surface area contributed by atoms with E-state index in [1.54, 1.807) is 0 Å². The fraction of sp³-hybridized carbons (Fsp3) is 0.833. The average molecular weight is 131 g/mol. The predicted octanol–water partition coefficient (Wildman–Crippen LogP) is 1.60. The van der Waals surface area contributed by atoms with Gasteiger partial charge in [0.05, 0.1) is 6.61 Å². The van der Waals surface area contributed by atoms with Crippen LogP contribution in [-0.4, -0.2) is 12.8 Å². The smallest absolute Gasteiger partial charge is 0.432 e. The highest BCUT2D eigenvalue weighted by Crippen LogP contribution is 1.98. The Balaban J connectivity index is 3.01. The fourth-order valence-corrected chi connectivity index (χ4v) is 0.378. The highest BCUT2D eigenvalue weighted by atomic mass is 16.7. The molecule has 3 heteroatoms. The quantitative estimate of drug-likeness (QED) is 0.546. The van der Waals surface area contributed by atoms with Gasteiger partial charge in [0.25, 0.3) is 0 Å². The summed E-state index contributed by atoms with van der Waals surface area (Å²) in [5, 5.41) is 9.65. The lowest BCUT2D eigenvalue weighted by molar-refractivity contribution is 0.0645. The van der Waals surface area contributed by atoms with Crippen LogP contribution < -0.4 is 0 Å². The van der Waals surface area contributed by atoms with Crippen LogP contribution in [0.1, 0.15) is 20.3 Å². The maximum Gasteiger partial charge on any atom is 0.549 e. The third kappa shape index (κ3) is 7.27. The number of ether oxygens (including phenoxy) is 1. The highest BCUT2D eigenvalue weighted by molar-refractivity contribution is 5.56. The standard InChI is InChI=1S/C6H11O3/c1-5(2)3-4-9-6(7)8/h5H,3-4H2,1-2H3. The second-order valence-electron chi connectivity index (χ2n) is 2.28. The molecule has 0 saturated carbocycles. The minimum Gasteiger partial charge on any atom is -0.432 e. The van der Waals surface area contributed by atoms with Crippen LogP contribution in [0.15, 0.2) is 0 Å². The second kappa shape index (κ2) is 4.18. The lowest BCUT2D eigenvalue weighted by Crippen LogP contribution is -2.02.